The lowest BCUT2D eigenvalue weighted by Gasteiger charge is -2.33. The Morgan fingerprint density at radius 3 is 2.41 bits per heavy atom. The maximum Gasteiger partial charge on any atom is 0.410 e. The summed E-state index contributed by atoms with van der Waals surface area (Å²) in [5.74, 6) is 1.47. The second-order valence-corrected chi connectivity index (χ2v) is 9.81. The quantitative estimate of drug-likeness (QED) is 0.716. The Morgan fingerprint density at radius 2 is 1.76 bits per heavy atom. The molecule has 0 saturated carbocycles. The van der Waals surface area contributed by atoms with Gasteiger partial charge in [-0.25, -0.2) is 4.79 Å². The molecule has 9 heteroatoms. The van der Waals surface area contributed by atoms with Crippen LogP contribution in [0, 0.1) is 5.92 Å². The highest BCUT2D eigenvalue weighted by molar-refractivity contribution is 5.93. The number of carbonyl (C=O) groups is 2. The molecular formula is C25H33N5O4. The van der Waals surface area contributed by atoms with Gasteiger partial charge < -0.3 is 24.6 Å². The molecule has 0 spiro atoms. The number of piperidine rings is 1. The van der Waals surface area contributed by atoms with E-state index < -0.39 is 5.60 Å². The average Bonchev–Trinajstić information content (AvgIpc) is 3.31. The van der Waals surface area contributed by atoms with Gasteiger partial charge in [-0.3, -0.25) is 4.79 Å². The Morgan fingerprint density at radius 1 is 1.03 bits per heavy atom. The molecule has 0 bridgehead atoms. The van der Waals surface area contributed by atoms with Crippen molar-refractivity contribution in [3.05, 3.63) is 42.6 Å². The Hall–Kier alpha value is -3.36. The molecule has 9 nitrogen and oxygen atoms in total. The van der Waals surface area contributed by atoms with Crippen molar-refractivity contribution in [2.24, 2.45) is 5.92 Å². The maximum atomic E-state index is 12.7. The molecule has 182 valence electrons. The number of aromatic nitrogens is 2. The highest BCUT2D eigenvalue weighted by Crippen LogP contribution is 2.25. The number of amides is 2. The largest absolute Gasteiger partial charge is 0.490 e. The summed E-state index contributed by atoms with van der Waals surface area (Å²) in [6.07, 6.45) is 3.71. The highest BCUT2D eigenvalue weighted by Gasteiger charge is 2.30. The average molecular weight is 468 g/mol. The van der Waals surface area contributed by atoms with E-state index in [0.29, 0.717) is 19.6 Å². The number of rotatable bonds is 5. The molecule has 2 amide bonds. The van der Waals surface area contributed by atoms with E-state index in [0.717, 1.165) is 43.1 Å². The molecule has 2 fully saturated rings. The van der Waals surface area contributed by atoms with Gasteiger partial charge in [-0.1, -0.05) is 0 Å². The minimum absolute atomic E-state index is 0.00886. The topological polar surface area (TPSA) is 96.9 Å². The van der Waals surface area contributed by atoms with Crippen LogP contribution in [0.2, 0.25) is 0 Å². The molecule has 2 saturated heterocycles. The first-order valence-corrected chi connectivity index (χ1v) is 11.8. The van der Waals surface area contributed by atoms with E-state index in [2.05, 4.69) is 20.4 Å². The van der Waals surface area contributed by atoms with E-state index in [1.54, 1.807) is 11.1 Å². The van der Waals surface area contributed by atoms with Crippen LogP contribution in [0.4, 0.5) is 16.3 Å². The second kappa shape index (κ2) is 10.3. The highest BCUT2D eigenvalue weighted by atomic mass is 16.6. The number of carbonyl (C=O) groups excluding carboxylic acids is 2. The predicted molar refractivity (Wildman–Crippen MR) is 129 cm³/mol. The van der Waals surface area contributed by atoms with Crippen molar-refractivity contribution in [2.75, 3.05) is 36.4 Å². The molecule has 1 atom stereocenters. The van der Waals surface area contributed by atoms with Crippen molar-refractivity contribution in [3.63, 3.8) is 0 Å². The van der Waals surface area contributed by atoms with Gasteiger partial charge in [-0.2, -0.15) is 5.10 Å². The van der Waals surface area contributed by atoms with Crippen molar-refractivity contribution in [2.45, 2.75) is 51.7 Å². The summed E-state index contributed by atoms with van der Waals surface area (Å²) in [4.78, 5) is 28.7. The molecule has 4 rings (SSSR count). The number of likely N-dealkylation sites (tertiary alicyclic amines) is 1. The van der Waals surface area contributed by atoms with Crippen molar-refractivity contribution in [3.8, 4) is 5.75 Å². The zero-order valence-electron chi connectivity index (χ0n) is 20.1. The molecule has 1 aromatic heterocycles. The molecule has 0 aliphatic carbocycles. The van der Waals surface area contributed by atoms with Crippen LogP contribution in [-0.2, 0) is 9.53 Å². The SMILES string of the molecule is CC(C)(C)OC(=O)N1CCC(Oc2ccc(NC(=O)[C@H]3CCN(c4cccnn4)C3)cc2)CC1. The van der Waals surface area contributed by atoms with Gasteiger partial charge in [0, 0.05) is 50.9 Å². The van der Waals surface area contributed by atoms with E-state index >= 15 is 0 Å². The first kappa shape index (κ1) is 23.8. The van der Waals surface area contributed by atoms with Gasteiger partial charge in [0.2, 0.25) is 5.91 Å². The monoisotopic (exact) mass is 467 g/mol. The van der Waals surface area contributed by atoms with Gasteiger partial charge in [-0.05, 0) is 63.6 Å². The summed E-state index contributed by atoms with van der Waals surface area (Å²) >= 11 is 0. The van der Waals surface area contributed by atoms with Gasteiger partial charge >= 0.3 is 6.09 Å². The number of nitrogens with zero attached hydrogens (tertiary/aromatic N) is 4. The van der Waals surface area contributed by atoms with Crippen molar-refractivity contribution in [1.29, 1.82) is 0 Å². The van der Waals surface area contributed by atoms with Crippen molar-refractivity contribution < 1.29 is 19.1 Å². The second-order valence-electron chi connectivity index (χ2n) is 9.81. The van der Waals surface area contributed by atoms with Gasteiger partial charge in [0.25, 0.3) is 0 Å². The predicted octanol–water partition coefficient (Wildman–Crippen LogP) is 3.72. The maximum absolute atomic E-state index is 12.7. The van der Waals surface area contributed by atoms with Crippen LogP contribution in [0.5, 0.6) is 5.75 Å². The Bertz CT molecular complexity index is 969. The third-order valence-corrected chi connectivity index (χ3v) is 5.96. The van der Waals surface area contributed by atoms with Crippen LogP contribution in [0.25, 0.3) is 0 Å². The van der Waals surface area contributed by atoms with Crippen LogP contribution in [0.1, 0.15) is 40.0 Å². The van der Waals surface area contributed by atoms with Crippen LogP contribution in [0.15, 0.2) is 42.6 Å². The fraction of sp³-hybridized carbons (Fsp3) is 0.520. The number of hydrogen-bond acceptors (Lipinski definition) is 7. The Labute approximate surface area is 200 Å². The molecule has 34 heavy (non-hydrogen) atoms. The molecule has 3 heterocycles. The molecule has 2 aliphatic heterocycles. The lowest BCUT2D eigenvalue weighted by atomic mass is 10.1. The Kier molecular flexibility index (Phi) is 7.19. The summed E-state index contributed by atoms with van der Waals surface area (Å²) in [5.41, 5.74) is 0.255. The number of ether oxygens (including phenoxy) is 2. The van der Waals surface area contributed by atoms with Crippen molar-refractivity contribution >= 4 is 23.5 Å². The Balaban J connectivity index is 1.22. The van der Waals surface area contributed by atoms with Crippen LogP contribution in [0.3, 0.4) is 0 Å². The van der Waals surface area contributed by atoms with E-state index in [1.807, 2.05) is 57.2 Å². The van der Waals surface area contributed by atoms with E-state index in [4.69, 9.17) is 9.47 Å². The van der Waals surface area contributed by atoms with Gasteiger partial charge in [0.1, 0.15) is 17.5 Å². The van der Waals surface area contributed by atoms with Crippen LogP contribution < -0.4 is 15.0 Å². The van der Waals surface area contributed by atoms with E-state index in [9.17, 15) is 9.59 Å². The number of nitrogens with one attached hydrogen (secondary N) is 1. The number of anilines is 2. The zero-order valence-corrected chi connectivity index (χ0v) is 20.1. The normalized spacial score (nSPS) is 19.1. The lowest BCUT2D eigenvalue weighted by molar-refractivity contribution is -0.119. The third-order valence-electron chi connectivity index (χ3n) is 5.96. The van der Waals surface area contributed by atoms with Crippen molar-refractivity contribution in [1.82, 2.24) is 15.1 Å². The van der Waals surface area contributed by atoms with Gasteiger partial charge in [0.05, 0.1) is 5.92 Å². The van der Waals surface area contributed by atoms with Gasteiger partial charge in [-0.15, -0.1) is 5.10 Å². The smallest absolute Gasteiger partial charge is 0.410 e. The van der Waals surface area contributed by atoms with Gasteiger partial charge in [0.15, 0.2) is 5.82 Å². The summed E-state index contributed by atoms with van der Waals surface area (Å²) in [6.45, 7) is 8.25. The first-order chi connectivity index (χ1) is 16.3. The first-order valence-electron chi connectivity index (χ1n) is 11.8. The molecule has 2 aromatic rings. The molecule has 1 aromatic carbocycles. The summed E-state index contributed by atoms with van der Waals surface area (Å²) in [7, 11) is 0. The standard InChI is InChI=1S/C25H33N5O4/c1-25(2,3)34-24(32)29-15-11-21(12-16-29)33-20-8-6-19(7-9-20)27-23(31)18-10-14-30(17-18)22-5-4-13-26-28-22/h4-9,13,18,21H,10-12,14-17H2,1-3H3,(H,27,31)/t18-/m0/s1. The number of benzene rings is 1. The summed E-state index contributed by atoms with van der Waals surface area (Å²) in [5, 5.41) is 11.0. The zero-order chi connectivity index (χ0) is 24.1. The summed E-state index contributed by atoms with van der Waals surface area (Å²) in [6, 6.07) is 11.2. The van der Waals surface area contributed by atoms with Crippen LogP contribution in [-0.4, -0.2) is 65.0 Å². The third kappa shape index (κ3) is 6.36. The molecular weight excluding hydrogens is 434 g/mol. The fourth-order valence-electron chi connectivity index (χ4n) is 4.18. The molecule has 1 N–H and O–H groups in total. The van der Waals surface area contributed by atoms with E-state index in [-0.39, 0.29) is 24.0 Å². The minimum atomic E-state index is -0.491. The molecule has 2 aliphatic rings. The fourth-order valence-corrected chi connectivity index (χ4v) is 4.18. The number of hydrogen-bond donors (Lipinski definition) is 1. The van der Waals surface area contributed by atoms with Crippen LogP contribution >= 0.6 is 0 Å². The minimum Gasteiger partial charge on any atom is -0.490 e. The molecule has 0 unspecified atom stereocenters. The molecule has 0 radical (unpaired) electrons. The summed E-state index contributed by atoms with van der Waals surface area (Å²) < 4.78 is 11.5. The van der Waals surface area contributed by atoms with E-state index in [1.165, 1.54) is 0 Å². The lowest BCUT2D eigenvalue weighted by Crippen LogP contribution is -2.44.